The highest BCUT2D eigenvalue weighted by atomic mass is 16.5. The first-order valence-electron chi connectivity index (χ1n) is 13.0. The molecule has 36 heavy (non-hydrogen) atoms. The number of carbonyl (C=O) groups excluding carboxylic acids is 2. The normalized spacial score (nSPS) is 23.9. The number of rotatable bonds is 7. The molecule has 0 unspecified atom stereocenters. The van der Waals surface area contributed by atoms with Crippen LogP contribution < -0.4 is 10.1 Å². The maximum absolute atomic E-state index is 14.0. The molecule has 0 saturated heterocycles. The van der Waals surface area contributed by atoms with Crippen molar-refractivity contribution >= 4 is 11.8 Å². The quantitative estimate of drug-likeness (QED) is 0.491. The number of hydrogen-bond acceptors (Lipinski definition) is 4. The molecule has 190 valence electrons. The van der Waals surface area contributed by atoms with Gasteiger partial charge in [0, 0.05) is 12.6 Å². The number of carbonyl (C=O) groups is 2. The van der Waals surface area contributed by atoms with E-state index in [2.05, 4.69) is 12.2 Å². The number of nitrogens with one attached hydrogen (secondary N) is 1. The summed E-state index contributed by atoms with van der Waals surface area (Å²) in [4.78, 5) is 29.6. The number of fused-ring (bicyclic) bond motifs is 1. The molecule has 2 aromatic heterocycles. The minimum Gasteiger partial charge on any atom is -0.494 e. The monoisotopic (exact) mass is 489 g/mol. The predicted molar refractivity (Wildman–Crippen MR) is 138 cm³/mol. The highest BCUT2D eigenvalue weighted by Crippen LogP contribution is 2.35. The Morgan fingerprint density at radius 1 is 1.11 bits per heavy atom. The van der Waals surface area contributed by atoms with Crippen molar-refractivity contribution in [2.45, 2.75) is 71.1 Å². The lowest BCUT2D eigenvalue weighted by molar-refractivity contribution is -0.134. The maximum atomic E-state index is 14.0. The fraction of sp³-hybridized carbons (Fsp3) is 0.448. The van der Waals surface area contributed by atoms with Gasteiger partial charge >= 0.3 is 0 Å². The van der Waals surface area contributed by atoms with Crippen LogP contribution in [-0.2, 0) is 17.9 Å². The van der Waals surface area contributed by atoms with E-state index in [1.165, 1.54) is 6.42 Å². The molecule has 3 heterocycles. The zero-order valence-corrected chi connectivity index (χ0v) is 21.3. The standard InChI is InChI=1S/C29H35N3O4/c1-4-35-22-13-11-21(12-14-22)18-32-27(33)25-16-15-24(26-10-7-17-36-26)31(25)19-29(32,3)28(34)30-23-9-6-5-8-20(23)2/h7,10-17,20,23H,4-6,8-9,18-19H2,1-3H3,(H,30,34)/t20-,23+,29-/m1/s1. The van der Waals surface area contributed by atoms with Crippen molar-refractivity contribution in [3.8, 4) is 17.2 Å². The van der Waals surface area contributed by atoms with E-state index in [0.29, 0.717) is 37.1 Å². The summed E-state index contributed by atoms with van der Waals surface area (Å²) in [5, 5.41) is 3.33. The van der Waals surface area contributed by atoms with Crippen LogP contribution in [0.3, 0.4) is 0 Å². The molecule has 0 radical (unpaired) electrons. The number of furan rings is 1. The Labute approximate surface area is 212 Å². The Morgan fingerprint density at radius 3 is 2.56 bits per heavy atom. The van der Waals surface area contributed by atoms with E-state index in [-0.39, 0.29) is 17.9 Å². The molecule has 2 amide bonds. The predicted octanol–water partition coefficient (Wildman–Crippen LogP) is 5.26. The molecule has 1 aliphatic carbocycles. The van der Waals surface area contributed by atoms with Gasteiger partial charge in [0.15, 0.2) is 0 Å². The van der Waals surface area contributed by atoms with E-state index in [1.807, 2.05) is 66.9 Å². The lowest BCUT2D eigenvalue weighted by atomic mass is 9.85. The van der Waals surface area contributed by atoms with Gasteiger partial charge in [0.05, 0.1) is 25.1 Å². The summed E-state index contributed by atoms with van der Waals surface area (Å²) in [5.41, 5.74) is 1.24. The maximum Gasteiger partial charge on any atom is 0.271 e. The van der Waals surface area contributed by atoms with Crippen molar-refractivity contribution in [3.63, 3.8) is 0 Å². The molecule has 7 heteroatoms. The van der Waals surface area contributed by atoms with Gasteiger partial charge < -0.3 is 23.9 Å². The average molecular weight is 490 g/mol. The highest BCUT2D eigenvalue weighted by Gasteiger charge is 2.48. The Morgan fingerprint density at radius 2 is 1.86 bits per heavy atom. The van der Waals surface area contributed by atoms with E-state index in [1.54, 1.807) is 11.2 Å². The topological polar surface area (TPSA) is 76.7 Å². The van der Waals surface area contributed by atoms with Crippen LogP contribution in [0.4, 0.5) is 0 Å². The summed E-state index contributed by atoms with van der Waals surface area (Å²) < 4.78 is 13.1. The van der Waals surface area contributed by atoms with Crippen molar-refractivity contribution < 1.29 is 18.7 Å². The number of ether oxygens (including phenoxy) is 1. The minimum atomic E-state index is -1.07. The third kappa shape index (κ3) is 4.43. The van der Waals surface area contributed by atoms with Crippen molar-refractivity contribution in [1.29, 1.82) is 0 Å². The fourth-order valence-corrected chi connectivity index (χ4v) is 5.56. The molecule has 1 aromatic carbocycles. The van der Waals surface area contributed by atoms with Gasteiger partial charge in [0.2, 0.25) is 5.91 Å². The number of aromatic nitrogens is 1. The van der Waals surface area contributed by atoms with Gasteiger partial charge in [-0.1, -0.05) is 31.9 Å². The molecule has 3 atom stereocenters. The SMILES string of the molecule is CCOc1ccc(CN2C(=O)c3ccc(-c4ccco4)n3C[C@]2(C)C(=O)N[C@H]2CCCC[C@H]2C)cc1. The van der Waals surface area contributed by atoms with E-state index in [0.717, 1.165) is 36.3 Å². The summed E-state index contributed by atoms with van der Waals surface area (Å²) in [7, 11) is 0. The Bertz CT molecular complexity index is 1210. The summed E-state index contributed by atoms with van der Waals surface area (Å²) in [6.07, 6.45) is 6.02. The van der Waals surface area contributed by atoms with Gasteiger partial charge in [-0.3, -0.25) is 9.59 Å². The summed E-state index contributed by atoms with van der Waals surface area (Å²) >= 11 is 0. The van der Waals surface area contributed by atoms with Crippen molar-refractivity contribution in [2.75, 3.05) is 6.61 Å². The summed E-state index contributed by atoms with van der Waals surface area (Å²) in [5.74, 6) is 1.62. The second-order valence-electron chi connectivity index (χ2n) is 10.3. The fourth-order valence-electron chi connectivity index (χ4n) is 5.56. The second kappa shape index (κ2) is 9.88. The largest absolute Gasteiger partial charge is 0.494 e. The Kier molecular flexibility index (Phi) is 6.65. The molecule has 1 fully saturated rings. The van der Waals surface area contributed by atoms with Crippen LogP contribution in [0.5, 0.6) is 5.75 Å². The van der Waals surface area contributed by atoms with E-state index >= 15 is 0 Å². The molecule has 1 aliphatic heterocycles. The minimum absolute atomic E-state index is 0.106. The van der Waals surface area contributed by atoms with Crippen molar-refractivity contribution in [1.82, 2.24) is 14.8 Å². The molecular formula is C29H35N3O4. The molecule has 1 saturated carbocycles. The average Bonchev–Trinajstić information content (AvgIpc) is 3.54. The van der Waals surface area contributed by atoms with Gasteiger partial charge in [0.25, 0.3) is 5.91 Å². The second-order valence-corrected chi connectivity index (χ2v) is 10.3. The van der Waals surface area contributed by atoms with Crippen LogP contribution in [-0.4, -0.2) is 39.5 Å². The van der Waals surface area contributed by atoms with Crippen molar-refractivity contribution in [3.05, 3.63) is 66.1 Å². The van der Waals surface area contributed by atoms with Crippen LogP contribution in [0.15, 0.2) is 59.2 Å². The van der Waals surface area contributed by atoms with Crippen LogP contribution in [0.25, 0.3) is 11.5 Å². The highest BCUT2D eigenvalue weighted by molar-refractivity contribution is 6.00. The third-order valence-electron chi connectivity index (χ3n) is 7.77. The van der Waals surface area contributed by atoms with Crippen molar-refractivity contribution in [2.24, 2.45) is 5.92 Å². The van der Waals surface area contributed by atoms with Gasteiger partial charge in [-0.2, -0.15) is 0 Å². The molecule has 0 spiro atoms. The van der Waals surface area contributed by atoms with Crippen LogP contribution in [0.2, 0.25) is 0 Å². The molecule has 2 aliphatic rings. The first kappa shape index (κ1) is 24.2. The van der Waals surface area contributed by atoms with Crippen LogP contribution in [0, 0.1) is 5.92 Å². The zero-order valence-electron chi connectivity index (χ0n) is 21.3. The number of nitrogens with zero attached hydrogens (tertiary/aromatic N) is 2. The lowest BCUT2D eigenvalue weighted by Gasteiger charge is -2.45. The third-order valence-corrected chi connectivity index (χ3v) is 7.77. The number of amides is 2. The number of hydrogen-bond donors (Lipinski definition) is 1. The molecule has 5 rings (SSSR count). The van der Waals surface area contributed by atoms with Gasteiger partial charge in [-0.25, -0.2) is 0 Å². The van der Waals surface area contributed by atoms with Gasteiger partial charge in [0.1, 0.15) is 22.7 Å². The summed E-state index contributed by atoms with van der Waals surface area (Å²) in [6.45, 7) is 7.31. The van der Waals surface area contributed by atoms with Gasteiger partial charge in [-0.15, -0.1) is 0 Å². The Hall–Kier alpha value is -3.48. The van der Waals surface area contributed by atoms with E-state index < -0.39 is 5.54 Å². The molecule has 0 bridgehead atoms. The molecule has 1 N–H and O–H groups in total. The molecule has 3 aromatic rings. The van der Waals surface area contributed by atoms with Crippen LogP contribution in [0.1, 0.15) is 62.5 Å². The summed E-state index contributed by atoms with van der Waals surface area (Å²) in [6, 6.07) is 15.3. The zero-order chi connectivity index (χ0) is 25.3. The smallest absolute Gasteiger partial charge is 0.271 e. The first-order chi connectivity index (χ1) is 17.4. The molecule has 7 nitrogen and oxygen atoms in total. The number of benzene rings is 1. The molecular weight excluding hydrogens is 454 g/mol. The van der Waals surface area contributed by atoms with Gasteiger partial charge in [-0.05, 0) is 74.6 Å². The first-order valence-corrected chi connectivity index (χ1v) is 13.0. The van der Waals surface area contributed by atoms with E-state index in [4.69, 9.17) is 9.15 Å². The van der Waals surface area contributed by atoms with Crippen LogP contribution >= 0.6 is 0 Å². The lowest BCUT2D eigenvalue weighted by Crippen LogP contribution is -2.65. The van der Waals surface area contributed by atoms with E-state index in [9.17, 15) is 9.59 Å². The Balaban J connectivity index is 1.50.